The fourth-order valence-corrected chi connectivity index (χ4v) is 3.15. The van der Waals surface area contributed by atoms with Gasteiger partial charge in [-0.05, 0) is 25.7 Å². The third kappa shape index (κ3) is 2.25. The summed E-state index contributed by atoms with van der Waals surface area (Å²) in [6, 6.07) is -0.0843. The lowest BCUT2D eigenvalue weighted by molar-refractivity contribution is -0.199. The second-order valence-corrected chi connectivity index (χ2v) is 5.48. The van der Waals surface area contributed by atoms with E-state index in [2.05, 4.69) is 0 Å². The largest absolute Gasteiger partial charge is 0.367 e. The summed E-state index contributed by atoms with van der Waals surface area (Å²) < 4.78 is 0. The Morgan fingerprint density at radius 2 is 1.89 bits per heavy atom. The van der Waals surface area contributed by atoms with Crippen LogP contribution >= 0.6 is 0 Å². The first-order valence-electron chi connectivity index (χ1n) is 6.99. The molecule has 0 spiro atoms. The Balaban J connectivity index is 1.61. The molecule has 2 unspecified atom stereocenters. The molecule has 0 aromatic heterocycles. The standard InChI is InChI=1S/C13H18N2O4/c16-11-5-4-9-8-10(12(17)15(9)11)13(18)19-14-6-2-1-3-7-14/h9-10H,1-8H2. The molecular formula is C13H18N2O4. The lowest BCUT2D eigenvalue weighted by Crippen LogP contribution is -2.38. The van der Waals surface area contributed by atoms with E-state index in [4.69, 9.17) is 4.84 Å². The van der Waals surface area contributed by atoms with Crippen LogP contribution in [0.5, 0.6) is 0 Å². The van der Waals surface area contributed by atoms with Gasteiger partial charge in [-0.3, -0.25) is 14.5 Å². The quantitative estimate of drug-likeness (QED) is 0.537. The van der Waals surface area contributed by atoms with Crippen molar-refractivity contribution in [1.29, 1.82) is 0 Å². The van der Waals surface area contributed by atoms with Gasteiger partial charge in [-0.15, -0.1) is 5.06 Å². The highest BCUT2D eigenvalue weighted by Crippen LogP contribution is 2.34. The van der Waals surface area contributed by atoms with Crippen molar-refractivity contribution < 1.29 is 19.2 Å². The summed E-state index contributed by atoms with van der Waals surface area (Å²) in [5.74, 6) is -1.79. The van der Waals surface area contributed by atoms with Gasteiger partial charge in [0.05, 0.1) is 0 Å². The van der Waals surface area contributed by atoms with Crippen molar-refractivity contribution in [2.75, 3.05) is 13.1 Å². The summed E-state index contributed by atoms with van der Waals surface area (Å²) in [4.78, 5) is 42.2. The number of hydrogen-bond acceptors (Lipinski definition) is 5. The van der Waals surface area contributed by atoms with Gasteiger partial charge >= 0.3 is 5.97 Å². The zero-order valence-electron chi connectivity index (χ0n) is 10.8. The first-order valence-corrected chi connectivity index (χ1v) is 6.99. The summed E-state index contributed by atoms with van der Waals surface area (Å²) in [5, 5.41) is 1.64. The van der Waals surface area contributed by atoms with E-state index in [1.54, 1.807) is 5.06 Å². The SMILES string of the molecule is O=C(ON1CCCCC1)C1CC2CCC(=O)N2C1=O. The van der Waals surface area contributed by atoms with Crippen LogP contribution in [0.3, 0.4) is 0 Å². The van der Waals surface area contributed by atoms with Gasteiger partial charge < -0.3 is 4.84 Å². The molecule has 104 valence electrons. The molecule has 0 aromatic rings. The maximum Gasteiger partial charge on any atom is 0.337 e. The van der Waals surface area contributed by atoms with E-state index in [-0.39, 0.29) is 17.9 Å². The van der Waals surface area contributed by atoms with Crippen LogP contribution in [0.25, 0.3) is 0 Å². The molecule has 3 saturated heterocycles. The molecule has 3 rings (SSSR count). The zero-order chi connectivity index (χ0) is 13.4. The first kappa shape index (κ1) is 12.6. The monoisotopic (exact) mass is 266 g/mol. The molecule has 3 fully saturated rings. The first-order chi connectivity index (χ1) is 9.16. The van der Waals surface area contributed by atoms with Crippen LogP contribution in [-0.2, 0) is 19.2 Å². The fourth-order valence-electron chi connectivity index (χ4n) is 3.15. The highest BCUT2D eigenvalue weighted by Gasteiger charge is 2.50. The third-order valence-electron chi connectivity index (χ3n) is 4.19. The molecule has 3 aliphatic rings. The molecule has 0 saturated carbocycles. The molecule has 0 radical (unpaired) electrons. The van der Waals surface area contributed by atoms with Gasteiger partial charge in [-0.1, -0.05) is 6.42 Å². The highest BCUT2D eigenvalue weighted by molar-refractivity contribution is 6.08. The summed E-state index contributed by atoms with van der Waals surface area (Å²) in [5.41, 5.74) is 0. The van der Waals surface area contributed by atoms with Crippen LogP contribution < -0.4 is 0 Å². The minimum Gasteiger partial charge on any atom is -0.367 e. The Hall–Kier alpha value is -1.43. The van der Waals surface area contributed by atoms with Crippen LogP contribution in [0, 0.1) is 5.92 Å². The van der Waals surface area contributed by atoms with Crippen molar-refractivity contribution in [3.05, 3.63) is 0 Å². The number of nitrogens with zero attached hydrogens (tertiary/aromatic N) is 2. The van der Waals surface area contributed by atoms with Gasteiger partial charge in [-0.2, -0.15) is 0 Å². The molecular weight excluding hydrogens is 248 g/mol. The summed E-state index contributed by atoms with van der Waals surface area (Å²) in [6.07, 6.45) is 4.71. The molecule has 0 aliphatic carbocycles. The molecule has 2 amide bonds. The van der Waals surface area contributed by atoms with Crippen molar-refractivity contribution in [1.82, 2.24) is 9.96 Å². The second-order valence-electron chi connectivity index (χ2n) is 5.48. The van der Waals surface area contributed by atoms with E-state index in [9.17, 15) is 14.4 Å². The van der Waals surface area contributed by atoms with Gasteiger partial charge in [0.15, 0.2) is 0 Å². The molecule has 2 atom stereocenters. The van der Waals surface area contributed by atoms with Crippen molar-refractivity contribution >= 4 is 17.8 Å². The Bertz CT molecular complexity index is 417. The highest BCUT2D eigenvalue weighted by atomic mass is 16.7. The predicted molar refractivity (Wildman–Crippen MR) is 64.5 cm³/mol. The van der Waals surface area contributed by atoms with Crippen molar-refractivity contribution in [3.8, 4) is 0 Å². The van der Waals surface area contributed by atoms with E-state index < -0.39 is 11.9 Å². The Morgan fingerprint density at radius 3 is 2.58 bits per heavy atom. The molecule has 3 aliphatic heterocycles. The third-order valence-corrected chi connectivity index (χ3v) is 4.19. The topological polar surface area (TPSA) is 66.9 Å². The number of amides is 2. The number of piperidine rings is 1. The van der Waals surface area contributed by atoms with Crippen molar-refractivity contribution in [2.24, 2.45) is 5.92 Å². The van der Waals surface area contributed by atoms with E-state index in [0.717, 1.165) is 32.4 Å². The summed E-state index contributed by atoms with van der Waals surface area (Å²) >= 11 is 0. The van der Waals surface area contributed by atoms with E-state index >= 15 is 0 Å². The summed E-state index contributed by atoms with van der Waals surface area (Å²) in [6.45, 7) is 1.47. The fraction of sp³-hybridized carbons (Fsp3) is 0.769. The number of fused-ring (bicyclic) bond motifs is 1. The van der Waals surface area contributed by atoms with E-state index in [1.165, 1.54) is 4.90 Å². The number of hydrogen-bond donors (Lipinski definition) is 0. The maximum atomic E-state index is 12.1. The molecule has 0 N–H and O–H groups in total. The maximum absolute atomic E-state index is 12.1. The van der Waals surface area contributed by atoms with Crippen molar-refractivity contribution in [2.45, 2.75) is 44.6 Å². The summed E-state index contributed by atoms with van der Waals surface area (Å²) in [7, 11) is 0. The van der Waals surface area contributed by atoms with Crippen molar-refractivity contribution in [3.63, 3.8) is 0 Å². The molecule has 0 aromatic carbocycles. The number of rotatable bonds is 2. The Morgan fingerprint density at radius 1 is 1.16 bits per heavy atom. The van der Waals surface area contributed by atoms with Crippen LogP contribution in [0.1, 0.15) is 38.5 Å². The average Bonchev–Trinajstić information content (AvgIpc) is 2.93. The number of carbonyl (C=O) groups excluding carboxylic acids is 3. The van der Waals surface area contributed by atoms with Gasteiger partial charge in [-0.25, -0.2) is 4.79 Å². The van der Waals surface area contributed by atoms with Gasteiger partial charge in [0, 0.05) is 25.6 Å². The Kier molecular flexibility index (Phi) is 3.26. The van der Waals surface area contributed by atoms with Gasteiger partial charge in [0.1, 0.15) is 5.92 Å². The number of carbonyl (C=O) groups is 3. The minimum absolute atomic E-state index is 0.0843. The molecule has 6 heteroatoms. The predicted octanol–water partition coefficient (Wildman–Crippen LogP) is 0.468. The molecule has 19 heavy (non-hydrogen) atoms. The van der Waals surface area contributed by atoms with Gasteiger partial charge in [0.25, 0.3) is 0 Å². The Labute approximate surface area is 111 Å². The van der Waals surface area contributed by atoms with Crippen LogP contribution in [0.2, 0.25) is 0 Å². The minimum atomic E-state index is -0.781. The van der Waals surface area contributed by atoms with E-state index in [0.29, 0.717) is 19.3 Å². The van der Waals surface area contributed by atoms with Crippen LogP contribution in [0.4, 0.5) is 0 Å². The lowest BCUT2D eigenvalue weighted by Gasteiger charge is -2.25. The molecule has 3 heterocycles. The lowest BCUT2D eigenvalue weighted by atomic mass is 10.0. The van der Waals surface area contributed by atoms with E-state index in [1.807, 2.05) is 0 Å². The van der Waals surface area contributed by atoms with Crippen LogP contribution in [0.15, 0.2) is 0 Å². The normalized spacial score (nSPS) is 31.7. The van der Waals surface area contributed by atoms with Gasteiger partial charge in [0.2, 0.25) is 11.8 Å². The zero-order valence-corrected chi connectivity index (χ0v) is 10.8. The average molecular weight is 266 g/mol. The number of imide groups is 1. The number of hydroxylamine groups is 2. The second kappa shape index (κ2) is 4.92. The molecule has 0 bridgehead atoms. The van der Waals surface area contributed by atoms with Crippen LogP contribution in [-0.4, -0.2) is 46.9 Å². The molecule has 6 nitrogen and oxygen atoms in total. The smallest absolute Gasteiger partial charge is 0.337 e.